The van der Waals surface area contributed by atoms with E-state index in [9.17, 15) is 10.1 Å². The van der Waals surface area contributed by atoms with Crippen molar-refractivity contribution in [2.24, 2.45) is 11.8 Å². The Morgan fingerprint density at radius 2 is 2.02 bits per heavy atom. The lowest BCUT2D eigenvalue weighted by Crippen LogP contribution is -2.41. The number of rotatable bonds is 7. The highest BCUT2D eigenvalue weighted by atomic mass is 35.5. The fourth-order valence-corrected chi connectivity index (χ4v) is 9.14. The van der Waals surface area contributed by atoms with Gasteiger partial charge >= 0.3 is 0 Å². The Bertz CT molecular complexity index is 2220. The van der Waals surface area contributed by atoms with Crippen molar-refractivity contribution in [2.75, 3.05) is 18.8 Å². The highest BCUT2D eigenvalue weighted by Crippen LogP contribution is 2.52. The molecule has 5 atom stereocenters. The molecule has 1 amide bonds. The van der Waals surface area contributed by atoms with Crippen molar-refractivity contribution >= 4 is 56.7 Å². The van der Waals surface area contributed by atoms with Crippen LogP contribution in [0.2, 0.25) is 10.0 Å². The molecule has 49 heavy (non-hydrogen) atoms. The molecule has 2 bridgehead atoms. The standard InChI is InChI=1S/C37H35Cl2FN8O/c1-18-24-15-29(28-14-22(47-11-9-30(42)45-47)17-46(28)37(49)19-7-8-19)48(35-21-13-27(35)43-16-21)36(24)25-12-20(4-3-10-41)31(33(40)34(25)44-18)23-5-2-6-26(38)32(23)39/h2,5-6,9,11-12,15,19,21-22,27-28,35,43H,3-4,7-8,13-14,16-17H2,1H3,(H2,42,45)/t21-,22+,27-,28-,35+/m1/s1. The number of amides is 1. The minimum absolute atomic E-state index is 0.0244. The molecule has 6 heterocycles. The van der Waals surface area contributed by atoms with Gasteiger partial charge in [-0.05, 0) is 74.8 Å². The maximum atomic E-state index is 17.1. The molecule has 3 aromatic heterocycles. The molecule has 5 aromatic rings. The Morgan fingerprint density at radius 3 is 2.71 bits per heavy atom. The van der Waals surface area contributed by atoms with Gasteiger partial charge in [0.15, 0.2) is 5.82 Å². The molecule has 0 spiro atoms. The number of fused-ring (bicyclic) bond motifs is 4. The molecule has 0 radical (unpaired) electrons. The third-order valence-corrected chi connectivity index (χ3v) is 12.1. The quantitative estimate of drug-likeness (QED) is 0.184. The Balaban J connectivity index is 1.30. The Morgan fingerprint density at radius 1 is 1.18 bits per heavy atom. The lowest BCUT2D eigenvalue weighted by molar-refractivity contribution is -0.133. The molecule has 3 aliphatic heterocycles. The van der Waals surface area contributed by atoms with Crippen LogP contribution in [-0.2, 0) is 11.2 Å². The lowest BCUT2D eigenvalue weighted by Gasteiger charge is -2.39. The normalized spacial score (nSPS) is 24.6. The number of aromatic nitrogens is 4. The minimum atomic E-state index is -0.480. The van der Waals surface area contributed by atoms with Gasteiger partial charge in [-0.15, -0.1) is 0 Å². The van der Waals surface area contributed by atoms with Crippen molar-refractivity contribution in [2.45, 2.75) is 69.6 Å². The number of anilines is 1. The minimum Gasteiger partial charge on any atom is -0.382 e. The number of benzene rings is 2. The summed E-state index contributed by atoms with van der Waals surface area (Å²) in [7, 11) is 0. The Kier molecular flexibility index (Phi) is 7.20. The first-order valence-corrected chi connectivity index (χ1v) is 17.8. The molecular formula is C37H35Cl2FN8O. The maximum absolute atomic E-state index is 17.1. The molecule has 2 saturated carbocycles. The van der Waals surface area contributed by atoms with Gasteiger partial charge in [-0.25, -0.2) is 9.37 Å². The van der Waals surface area contributed by atoms with Gasteiger partial charge in [-0.3, -0.25) is 9.48 Å². The fourth-order valence-electron chi connectivity index (χ4n) is 8.75. The van der Waals surface area contributed by atoms with Crippen LogP contribution < -0.4 is 11.1 Å². The number of hydrogen-bond acceptors (Lipinski definition) is 6. The van der Waals surface area contributed by atoms with Gasteiger partial charge in [0.2, 0.25) is 5.91 Å². The maximum Gasteiger partial charge on any atom is 0.226 e. The van der Waals surface area contributed by atoms with E-state index < -0.39 is 5.82 Å². The molecule has 2 aliphatic carbocycles. The average molecular weight is 698 g/mol. The first-order chi connectivity index (χ1) is 23.7. The summed E-state index contributed by atoms with van der Waals surface area (Å²) in [6, 6.07) is 13.6. The van der Waals surface area contributed by atoms with E-state index in [4.69, 9.17) is 33.9 Å². The number of carbonyl (C=O) groups excluding carboxylic acids is 1. The number of aryl methyl sites for hydroxylation is 2. The van der Waals surface area contributed by atoms with E-state index in [0.717, 1.165) is 42.4 Å². The Labute approximate surface area is 292 Å². The second-order valence-corrected chi connectivity index (χ2v) is 15.0. The number of carbonyl (C=O) groups is 1. The van der Waals surface area contributed by atoms with Crippen LogP contribution >= 0.6 is 23.2 Å². The van der Waals surface area contributed by atoms with Gasteiger partial charge in [-0.2, -0.15) is 10.4 Å². The second-order valence-electron chi connectivity index (χ2n) is 14.2. The van der Waals surface area contributed by atoms with Crippen molar-refractivity contribution in [3.8, 4) is 17.2 Å². The predicted octanol–water partition coefficient (Wildman–Crippen LogP) is 7.30. The zero-order valence-corrected chi connectivity index (χ0v) is 28.5. The van der Waals surface area contributed by atoms with Gasteiger partial charge in [0, 0.05) is 71.0 Å². The first-order valence-electron chi connectivity index (χ1n) is 17.1. The number of hydrogen-bond donors (Lipinski definition) is 2. The lowest BCUT2D eigenvalue weighted by atomic mass is 9.79. The first kappa shape index (κ1) is 30.9. The molecular weight excluding hydrogens is 662 g/mol. The Hall–Kier alpha value is -4.17. The molecule has 0 unspecified atom stereocenters. The van der Waals surface area contributed by atoms with Crippen molar-refractivity contribution < 1.29 is 9.18 Å². The van der Waals surface area contributed by atoms with E-state index in [-0.39, 0.29) is 53.0 Å². The molecule has 5 aliphatic rings. The van der Waals surface area contributed by atoms with Crippen LogP contribution in [0.3, 0.4) is 0 Å². The number of halogens is 3. The molecule has 12 heteroatoms. The summed E-state index contributed by atoms with van der Waals surface area (Å²) in [5, 5.41) is 20.0. The summed E-state index contributed by atoms with van der Waals surface area (Å²) < 4.78 is 21.4. The predicted molar refractivity (Wildman–Crippen MR) is 188 cm³/mol. The van der Waals surface area contributed by atoms with Crippen LogP contribution in [0.4, 0.5) is 10.2 Å². The largest absolute Gasteiger partial charge is 0.382 e. The molecule has 10 rings (SSSR count). The third-order valence-electron chi connectivity index (χ3n) is 11.3. The third kappa shape index (κ3) is 4.77. The summed E-state index contributed by atoms with van der Waals surface area (Å²) in [4.78, 5) is 20.9. The van der Waals surface area contributed by atoms with Crippen molar-refractivity contribution in [1.82, 2.24) is 29.5 Å². The number of pyridine rings is 1. The van der Waals surface area contributed by atoms with E-state index >= 15 is 4.39 Å². The van der Waals surface area contributed by atoms with Gasteiger partial charge < -0.3 is 20.5 Å². The van der Waals surface area contributed by atoms with Gasteiger partial charge in [0.1, 0.15) is 11.3 Å². The monoisotopic (exact) mass is 696 g/mol. The summed E-state index contributed by atoms with van der Waals surface area (Å²) in [5.74, 6) is 0.640. The second kappa shape index (κ2) is 11.4. The van der Waals surface area contributed by atoms with Crippen LogP contribution in [0.5, 0.6) is 0 Å². The number of nitrogens with one attached hydrogen (secondary N) is 1. The molecule has 3 saturated heterocycles. The molecule has 5 fully saturated rings. The van der Waals surface area contributed by atoms with Gasteiger partial charge in [0.25, 0.3) is 0 Å². The SMILES string of the molecule is Cc1nc2c(F)c(-c3cccc(Cl)c3Cl)c(CCC#N)cc2c2c1cc([C@H]1C[C@H](n3ccc(N)n3)CN1C(=O)C1CC1)n2[C@H]1[C@H]2CN[C@@H]1C2. The van der Waals surface area contributed by atoms with Crippen molar-refractivity contribution in [1.29, 1.82) is 5.26 Å². The van der Waals surface area contributed by atoms with Crippen LogP contribution in [0, 0.1) is 35.9 Å². The van der Waals surface area contributed by atoms with E-state index in [2.05, 4.69) is 32.0 Å². The summed E-state index contributed by atoms with van der Waals surface area (Å²) in [6.07, 6.45) is 6.04. The molecule has 3 N–H and O–H groups in total. The molecule has 250 valence electrons. The fraction of sp³-hybridized carbons (Fsp3) is 0.405. The van der Waals surface area contributed by atoms with Crippen LogP contribution in [0.25, 0.3) is 32.9 Å². The van der Waals surface area contributed by atoms with Crippen LogP contribution in [0.15, 0.2) is 42.6 Å². The summed E-state index contributed by atoms with van der Waals surface area (Å²) in [5.41, 5.74) is 10.4. The van der Waals surface area contributed by atoms with Crippen LogP contribution in [-0.4, -0.2) is 49.3 Å². The topological polar surface area (TPSA) is 118 Å². The number of likely N-dealkylation sites (tertiary alicyclic amines) is 1. The highest BCUT2D eigenvalue weighted by Gasteiger charge is 2.51. The highest BCUT2D eigenvalue weighted by molar-refractivity contribution is 6.43. The van der Waals surface area contributed by atoms with E-state index in [1.807, 2.05) is 23.9 Å². The van der Waals surface area contributed by atoms with E-state index in [1.165, 1.54) is 0 Å². The summed E-state index contributed by atoms with van der Waals surface area (Å²) in [6.45, 7) is 3.39. The summed E-state index contributed by atoms with van der Waals surface area (Å²) >= 11 is 13.1. The van der Waals surface area contributed by atoms with Gasteiger partial charge in [-0.1, -0.05) is 35.3 Å². The van der Waals surface area contributed by atoms with Crippen molar-refractivity contribution in [3.63, 3.8) is 0 Å². The van der Waals surface area contributed by atoms with Crippen molar-refractivity contribution in [3.05, 3.63) is 75.4 Å². The number of nitriles is 1. The smallest absolute Gasteiger partial charge is 0.226 e. The average Bonchev–Trinajstić information content (AvgIpc) is 3.54. The number of nitrogens with zero attached hydrogens (tertiary/aromatic N) is 6. The van der Waals surface area contributed by atoms with E-state index in [1.54, 1.807) is 24.3 Å². The zero-order chi connectivity index (χ0) is 33.7. The molecule has 9 nitrogen and oxygen atoms in total. The van der Waals surface area contributed by atoms with E-state index in [0.29, 0.717) is 63.9 Å². The molecule has 2 aromatic carbocycles. The van der Waals surface area contributed by atoms with Gasteiger partial charge in [0.05, 0.1) is 39.8 Å². The zero-order valence-electron chi connectivity index (χ0n) is 27.0. The van der Waals surface area contributed by atoms with Crippen LogP contribution in [0.1, 0.15) is 67.2 Å². The number of nitrogens with two attached hydrogens (primary N) is 1. The number of nitrogen functional groups attached to an aromatic ring is 1.